The van der Waals surface area contributed by atoms with Crippen LogP contribution in [0, 0.1) is 5.92 Å². The number of pyridine rings is 1. The normalized spacial score (nSPS) is 25.8. The number of nitrogens with two attached hydrogens (primary N) is 2. The standard InChI is InChI=1S/C21H29N7/c1-27-10-16(11-27)24-8-15-9-25-20(6-19(15)23)18-12-28(17-4-13(5-17)7-22)26-21(18)14-2-3-14/h6,8-9,12-14,16-17H,2-5,7,10-11,22H2,1H3,(H2,23,25). The molecule has 28 heavy (non-hydrogen) atoms. The molecule has 0 spiro atoms. The van der Waals surface area contributed by atoms with Crippen LogP contribution in [0.5, 0.6) is 0 Å². The van der Waals surface area contributed by atoms with Crippen LogP contribution in [-0.2, 0) is 0 Å². The SMILES string of the molecule is CN1CC(N=Cc2cnc(-c3cn(C4CC(CN)C4)nc3C3CC3)cc2N)C1. The van der Waals surface area contributed by atoms with Crippen molar-refractivity contribution < 1.29 is 0 Å². The molecule has 4 N–H and O–H groups in total. The minimum atomic E-state index is 0.378. The molecule has 0 unspecified atom stereocenters. The van der Waals surface area contributed by atoms with Gasteiger partial charge in [-0.1, -0.05) is 0 Å². The Morgan fingerprint density at radius 3 is 2.71 bits per heavy atom. The predicted octanol–water partition coefficient (Wildman–Crippen LogP) is 2.05. The third kappa shape index (κ3) is 3.33. The lowest BCUT2D eigenvalue weighted by Gasteiger charge is -2.34. The van der Waals surface area contributed by atoms with Gasteiger partial charge in [-0.15, -0.1) is 0 Å². The fourth-order valence-corrected chi connectivity index (χ4v) is 4.24. The summed E-state index contributed by atoms with van der Waals surface area (Å²) in [5.74, 6) is 1.21. The Balaban J connectivity index is 1.38. The zero-order valence-electron chi connectivity index (χ0n) is 16.5. The van der Waals surface area contributed by atoms with Gasteiger partial charge in [0, 0.05) is 54.4 Å². The van der Waals surface area contributed by atoms with E-state index in [9.17, 15) is 0 Å². The van der Waals surface area contributed by atoms with Crippen LogP contribution < -0.4 is 11.5 Å². The number of rotatable bonds is 6. The second-order valence-corrected chi connectivity index (χ2v) is 8.76. The van der Waals surface area contributed by atoms with E-state index in [-0.39, 0.29) is 0 Å². The van der Waals surface area contributed by atoms with Crippen molar-refractivity contribution in [2.75, 3.05) is 32.4 Å². The summed E-state index contributed by atoms with van der Waals surface area (Å²) in [5.41, 5.74) is 17.0. The number of hydrogen-bond donors (Lipinski definition) is 2. The van der Waals surface area contributed by atoms with Gasteiger partial charge in [0.05, 0.1) is 23.5 Å². The maximum atomic E-state index is 6.33. The third-order valence-electron chi connectivity index (χ3n) is 6.36. The Bertz CT molecular complexity index is 886. The van der Waals surface area contributed by atoms with Crippen molar-refractivity contribution in [1.82, 2.24) is 19.7 Å². The average Bonchev–Trinajstić information content (AvgIpc) is 3.37. The number of nitrogens with zero attached hydrogens (tertiary/aromatic N) is 5. The Kier molecular flexibility index (Phi) is 4.44. The predicted molar refractivity (Wildman–Crippen MR) is 112 cm³/mol. The Morgan fingerprint density at radius 1 is 1.29 bits per heavy atom. The minimum Gasteiger partial charge on any atom is -0.398 e. The van der Waals surface area contributed by atoms with Crippen LogP contribution in [0.15, 0.2) is 23.5 Å². The molecule has 3 heterocycles. The lowest BCUT2D eigenvalue weighted by atomic mass is 9.80. The summed E-state index contributed by atoms with van der Waals surface area (Å²) < 4.78 is 2.15. The summed E-state index contributed by atoms with van der Waals surface area (Å²) in [5, 5.41) is 4.94. The number of aliphatic imine (C=N–C) groups is 1. The Labute approximate surface area is 165 Å². The summed E-state index contributed by atoms with van der Waals surface area (Å²) in [6, 6.07) is 2.83. The van der Waals surface area contributed by atoms with Gasteiger partial charge in [-0.3, -0.25) is 14.7 Å². The summed E-state index contributed by atoms with van der Waals surface area (Å²) >= 11 is 0. The average molecular weight is 380 g/mol. The molecule has 0 radical (unpaired) electrons. The number of likely N-dealkylation sites (N-methyl/N-ethyl adjacent to an activating group) is 1. The highest BCUT2D eigenvalue weighted by Gasteiger charge is 2.34. The van der Waals surface area contributed by atoms with Gasteiger partial charge in [0.2, 0.25) is 0 Å². The van der Waals surface area contributed by atoms with E-state index in [1.54, 1.807) is 0 Å². The van der Waals surface area contributed by atoms with Crippen LogP contribution in [0.3, 0.4) is 0 Å². The van der Waals surface area contributed by atoms with E-state index in [4.69, 9.17) is 21.5 Å². The van der Waals surface area contributed by atoms with E-state index in [2.05, 4.69) is 27.8 Å². The fourth-order valence-electron chi connectivity index (χ4n) is 4.24. The molecule has 0 atom stereocenters. The van der Waals surface area contributed by atoms with Crippen LogP contribution in [0.4, 0.5) is 5.69 Å². The highest BCUT2D eigenvalue weighted by molar-refractivity contribution is 5.88. The van der Waals surface area contributed by atoms with Gasteiger partial charge in [0.25, 0.3) is 0 Å². The molecular weight excluding hydrogens is 350 g/mol. The molecular formula is C21H29N7. The second kappa shape index (κ2) is 6.97. The van der Waals surface area contributed by atoms with Crippen LogP contribution in [0.1, 0.15) is 48.9 Å². The monoisotopic (exact) mass is 379 g/mol. The van der Waals surface area contributed by atoms with Crippen molar-refractivity contribution in [3.05, 3.63) is 29.7 Å². The van der Waals surface area contributed by atoms with Crippen molar-refractivity contribution in [2.45, 2.75) is 43.7 Å². The maximum absolute atomic E-state index is 6.33. The highest BCUT2D eigenvalue weighted by atomic mass is 15.3. The van der Waals surface area contributed by atoms with E-state index in [0.717, 1.165) is 55.0 Å². The summed E-state index contributed by atoms with van der Waals surface area (Å²) in [6.07, 6.45) is 10.6. The van der Waals surface area contributed by atoms with E-state index in [1.807, 2.05) is 18.5 Å². The number of anilines is 1. The Hall–Kier alpha value is -2.25. The van der Waals surface area contributed by atoms with E-state index in [1.165, 1.54) is 18.5 Å². The van der Waals surface area contributed by atoms with Gasteiger partial charge in [0.1, 0.15) is 0 Å². The molecule has 7 heteroatoms. The van der Waals surface area contributed by atoms with Crippen molar-refractivity contribution in [3.63, 3.8) is 0 Å². The third-order valence-corrected chi connectivity index (χ3v) is 6.36. The first kappa shape index (κ1) is 17.8. The molecule has 2 aromatic rings. The molecule has 3 fully saturated rings. The van der Waals surface area contributed by atoms with Gasteiger partial charge in [0.15, 0.2) is 0 Å². The molecule has 5 rings (SSSR count). The van der Waals surface area contributed by atoms with Crippen molar-refractivity contribution in [3.8, 4) is 11.3 Å². The second-order valence-electron chi connectivity index (χ2n) is 8.76. The quantitative estimate of drug-likeness (QED) is 0.749. The molecule has 148 valence electrons. The number of hydrogen-bond acceptors (Lipinski definition) is 6. The molecule has 7 nitrogen and oxygen atoms in total. The number of nitrogen functional groups attached to an aromatic ring is 1. The molecule has 3 aliphatic rings. The van der Waals surface area contributed by atoms with Crippen molar-refractivity contribution in [2.24, 2.45) is 16.6 Å². The number of likely N-dealkylation sites (tertiary alicyclic amines) is 1. The van der Waals surface area contributed by atoms with Gasteiger partial charge >= 0.3 is 0 Å². The van der Waals surface area contributed by atoms with Gasteiger partial charge in [-0.05, 0) is 51.3 Å². The summed E-state index contributed by atoms with van der Waals surface area (Å²) in [7, 11) is 2.11. The summed E-state index contributed by atoms with van der Waals surface area (Å²) in [4.78, 5) is 11.6. The molecule has 0 bridgehead atoms. The van der Waals surface area contributed by atoms with Gasteiger partial charge in [-0.25, -0.2) is 0 Å². The minimum absolute atomic E-state index is 0.378. The molecule has 2 saturated carbocycles. The topological polar surface area (TPSA) is 98.3 Å². The molecule has 0 amide bonds. The molecule has 2 aliphatic carbocycles. The largest absolute Gasteiger partial charge is 0.398 e. The van der Waals surface area contributed by atoms with Crippen molar-refractivity contribution in [1.29, 1.82) is 0 Å². The first-order chi connectivity index (χ1) is 13.6. The van der Waals surface area contributed by atoms with Crippen LogP contribution in [0.25, 0.3) is 11.3 Å². The molecule has 2 aromatic heterocycles. The van der Waals surface area contributed by atoms with E-state index < -0.39 is 0 Å². The zero-order valence-corrected chi connectivity index (χ0v) is 16.5. The highest BCUT2D eigenvalue weighted by Crippen LogP contribution is 2.45. The molecule has 1 saturated heterocycles. The van der Waals surface area contributed by atoms with Crippen molar-refractivity contribution >= 4 is 11.9 Å². The first-order valence-electron chi connectivity index (χ1n) is 10.4. The van der Waals surface area contributed by atoms with Crippen LogP contribution >= 0.6 is 0 Å². The van der Waals surface area contributed by atoms with E-state index >= 15 is 0 Å². The van der Waals surface area contributed by atoms with Gasteiger partial charge in [-0.2, -0.15) is 5.10 Å². The van der Waals surface area contributed by atoms with Gasteiger partial charge < -0.3 is 16.4 Å². The first-order valence-corrected chi connectivity index (χ1v) is 10.4. The van der Waals surface area contributed by atoms with Crippen LogP contribution in [0.2, 0.25) is 0 Å². The zero-order chi connectivity index (χ0) is 19.3. The lowest BCUT2D eigenvalue weighted by molar-refractivity contribution is 0.189. The summed E-state index contributed by atoms with van der Waals surface area (Å²) in [6.45, 7) is 2.80. The molecule has 1 aliphatic heterocycles. The lowest BCUT2D eigenvalue weighted by Crippen LogP contribution is -2.46. The van der Waals surface area contributed by atoms with E-state index in [0.29, 0.717) is 23.9 Å². The van der Waals surface area contributed by atoms with Crippen LogP contribution in [-0.4, -0.2) is 58.6 Å². The Morgan fingerprint density at radius 2 is 2.07 bits per heavy atom. The number of aromatic nitrogens is 3. The maximum Gasteiger partial charge on any atom is 0.0757 e. The smallest absolute Gasteiger partial charge is 0.0757 e. The molecule has 0 aromatic carbocycles. The fraction of sp³-hybridized carbons (Fsp3) is 0.571.